The Kier molecular flexibility index (Phi) is 4.55. The molecular weight excluding hydrogens is 311 g/mol. The van der Waals surface area contributed by atoms with E-state index in [1.54, 1.807) is 12.1 Å². The number of thiocarbonyl (C=S) groups is 1. The van der Waals surface area contributed by atoms with E-state index in [0.29, 0.717) is 11.3 Å². The molecule has 0 aliphatic rings. The van der Waals surface area contributed by atoms with Gasteiger partial charge in [-0.15, -0.1) is 0 Å². The number of halogens is 2. The number of benzene rings is 2. The van der Waals surface area contributed by atoms with Crippen LogP contribution in [0.5, 0.6) is 0 Å². The van der Waals surface area contributed by atoms with Crippen LogP contribution in [0.3, 0.4) is 0 Å². The van der Waals surface area contributed by atoms with Crippen LogP contribution in [0, 0.1) is 12.7 Å². The molecule has 3 N–H and O–H groups in total. The third kappa shape index (κ3) is 3.20. The summed E-state index contributed by atoms with van der Waals surface area (Å²) in [5, 5.41) is 2.64. The Hall–Kier alpha value is -1.98. The van der Waals surface area contributed by atoms with Gasteiger partial charge in [0.1, 0.15) is 10.8 Å². The summed E-state index contributed by atoms with van der Waals surface area (Å²) < 4.78 is 13.7. The number of aryl methyl sites for hydroxylation is 1. The molecule has 0 atom stereocenters. The molecule has 0 spiro atoms. The van der Waals surface area contributed by atoms with Crippen LogP contribution >= 0.6 is 23.8 Å². The van der Waals surface area contributed by atoms with Crippen molar-refractivity contribution in [1.29, 1.82) is 0 Å². The third-order valence-corrected chi connectivity index (χ3v) is 3.48. The van der Waals surface area contributed by atoms with E-state index in [2.05, 4.69) is 5.32 Å². The lowest BCUT2D eigenvalue weighted by molar-refractivity contribution is 0.102. The van der Waals surface area contributed by atoms with Crippen molar-refractivity contribution in [2.45, 2.75) is 6.92 Å². The van der Waals surface area contributed by atoms with E-state index < -0.39 is 11.7 Å². The lowest BCUT2D eigenvalue weighted by Gasteiger charge is -2.13. The fourth-order valence-corrected chi connectivity index (χ4v) is 2.52. The Morgan fingerprint density at radius 2 is 1.90 bits per heavy atom. The van der Waals surface area contributed by atoms with Gasteiger partial charge in [-0.2, -0.15) is 0 Å². The van der Waals surface area contributed by atoms with Gasteiger partial charge < -0.3 is 11.1 Å². The van der Waals surface area contributed by atoms with Gasteiger partial charge in [0.05, 0.1) is 16.3 Å². The smallest absolute Gasteiger partial charge is 0.260 e. The standard InChI is InChI=1S/C15H12ClFN2OS/c1-8-4-2-7-11(12(8)14(18)21)19-15(20)13-9(16)5-3-6-10(13)17/h2-7H,1H3,(H2,18,21)(H,19,20). The number of hydrogen-bond acceptors (Lipinski definition) is 2. The van der Waals surface area contributed by atoms with Crippen molar-refractivity contribution >= 4 is 40.4 Å². The van der Waals surface area contributed by atoms with Gasteiger partial charge in [0.25, 0.3) is 5.91 Å². The first-order valence-corrected chi connectivity index (χ1v) is 6.85. The first-order chi connectivity index (χ1) is 9.91. The summed E-state index contributed by atoms with van der Waals surface area (Å²) in [5.41, 5.74) is 7.25. The number of rotatable bonds is 3. The molecule has 21 heavy (non-hydrogen) atoms. The van der Waals surface area contributed by atoms with Crippen molar-refractivity contribution in [1.82, 2.24) is 0 Å². The zero-order valence-electron chi connectivity index (χ0n) is 11.1. The minimum Gasteiger partial charge on any atom is -0.389 e. The summed E-state index contributed by atoms with van der Waals surface area (Å²) in [7, 11) is 0. The average molecular weight is 323 g/mol. The van der Waals surface area contributed by atoms with Crippen molar-refractivity contribution < 1.29 is 9.18 Å². The molecule has 0 saturated heterocycles. The van der Waals surface area contributed by atoms with E-state index in [0.717, 1.165) is 5.56 Å². The van der Waals surface area contributed by atoms with Gasteiger partial charge in [-0.05, 0) is 30.7 Å². The van der Waals surface area contributed by atoms with Gasteiger partial charge >= 0.3 is 0 Å². The van der Waals surface area contributed by atoms with Crippen molar-refractivity contribution in [3.05, 3.63) is 63.9 Å². The lowest BCUT2D eigenvalue weighted by atomic mass is 10.1. The fraction of sp³-hybridized carbons (Fsp3) is 0.0667. The predicted molar refractivity (Wildman–Crippen MR) is 86.4 cm³/mol. The number of hydrogen-bond donors (Lipinski definition) is 2. The Morgan fingerprint density at radius 1 is 1.24 bits per heavy atom. The van der Waals surface area contributed by atoms with Crippen molar-refractivity contribution in [2.75, 3.05) is 5.32 Å². The number of nitrogens with one attached hydrogen (secondary N) is 1. The molecule has 1 amide bonds. The first-order valence-electron chi connectivity index (χ1n) is 6.06. The minimum atomic E-state index is -0.690. The van der Waals surface area contributed by atoms with Gasteiger partial charge in [0.15, 0.2) is 0 Å². The Bertz CT molecular complexity index is 713. The van der Waals surface area contributed by atoms with Gasteiger partial charge in [-0.3, -0.25) is 4.79 Å². The van der Waals surface area contributed by atoms with Gasteiger partial charge in [-0.1, -0.05) is 42.0 Å². The van der Waals surface area contributed by atoms with Crippen LogP contribution < -0.4 is 11.1 Å². The van der Waals surface area contributed by atoms with Crippen LogP contribution in [0.25, 0.3) is 0 Å². The molecule has 2 aromatic carbocycles. The highest BCUT2D eigenvalue weighted by Crippen LogP contribution is 2.23. The van der Waals surface area contributed by atoms with Crippen molar-refractivity contribution in [3.63, 3.8) is 0 Å². The molecule has 108 valence electrons. The summed E-state index contributed by atoms with van der Waals surface area (Å²) in [5.74, 6) is -1.34. The minimum absolute atomic E-state index is 0.0389. The maximum atomic E-state index is 13.7. The number of nitrogens with two attached hydrogens (primary N) is 1. The molecule has 0 radical (unpaired) electrons. The summed E-state index contributed by atoms with van der Waals surface area (Å²) in [4.78, 5) is 12.4. The second-order valence-electron chi connectivity index (χ2n) is 4.41. The number of carbonyl (C=O) groups excluding carboxylic acids is 1. The SMILES string of the molecule is Cc1cccc(NC(=O)c2c(F)cccc2Cl)c1C(N)=S. The number of amides is 1. The molecule has 6 heteroatoms. The molecule has 2 aromatic rings. The van der Waals surface area contributed by atoms with E-state index in [-0.39, 0.29) is 15.6 Å². The molecule has 0 aromatic heterocycles. The third-order valence-electron chi connectivity index (χ3n) is 2.96. The quantitative estimate of drug-likeness (QED) is 0.848. The summed E-state index contributed by atoms with van der Waals surface area (Å²) in [6, 6.07) is 9.27. The summed E-state index contributed by atoms with van der Waals surface area (Å²) in [6.07, 6.45) is 0. The molecule has 0 unspecified atom stereocenters. The maximum Gasteiger partial charge on any atom is 0.260 e. The normalized spacial score (nSPS) is 10.2. The van der Waals surface area contributed by atoms with Crippen LogP contribution in [0.15, 0.2) is 36.4 Å². The van der Waals surface area contributed by atoms with Crippen LogP contribution in [0.2, 0.25) is 5.02 Å². The van der Waals surface area contributed by atoms with E-state index in [9.17, 15) is 9.18 Å². The van der Waals surface area contributed by atoms with E-state index >= 15 is 0 Å². The average Bonchev–Trinajstić information content (AvgIpc) is 2.37. The molecular formula is C15H12ClFN2OS. The van der Waals surface area contributed by atoms with E-state index in [1.165, 1.54) is 18.2 Å². The Morgan fingerprint density at radius 3 is 2.52 bits per heavy atom. The lowest BCUT2D eigenvalue weighted by Crippen LogP contribution is -2.19. The molecule has 0 aliphatic heterocycles. The van der Waals surface area contributed by atoms with Gasteiger partial charge in [0.2, 0.25) is 0 Å². The monoisotopic (exact) mass is 322 g/mol. The zero-order valence-corrected chi connectivity index (χ0v) is 12.7. The van der Waals surface area contributed by atoms with Crippen LogP contribution in [0.4, 0.5) is 10.1 Å². The van der Waals surface area contributed by atoms with Gasteiger partial charge in [0, 0.05) is 5.56 Å². The second-order valence-corrected chi connectivity index (χ2v) is 5.26. The fourth-order valence-electron chi connectivity index (χ4n) is 2.00. The molecule has 0 saturated carbocycles. The van der Waals surface area contributed by atoms with Crippen LogP contribution in [-0.2, 0) is 0 Å². The highest BCUT2D eigenvalue weighted by Gasteiger charge is 2.18. The van der Waals surface area contributed by atoms with Crippen molar-refractivity contribution in [2.24, 2.45) is 5.73 Å². The zero-order chi connectivity index (χ0) is 15.6. The maximum absolute atomic E-state index is 13.7. The summed E-state index contributed by atoms with van der Waals surface area (Å²) in [6.45, 7) is 1.82. The number of anilines is 1. The largest absolute Gasteiger partial charge is 0.389 e. The van der Waals surface area contributed by atoms with Crippen LogP contribution in [-0.4, -0.2) is 10.9 Å². The Labute approximate surface area is 131 Å². The molecule has 0 bridgehead atoms. The molecule has 3 nitrogen and oxygen atoms in total. The van der Waals surface area contributed by atoms with Crippen molar-refractivity contribution in [3.8, 4) is 0 Å². The molecule has 0 aliphatic carbocycles. The second kappa shape index (κ2) is 6.20. The highest BCUT2D eigenvalue weighted by molar-refractivity contribution is 7.80. The molecule has 0 fully saturated rings. The summed E-state index contributed by atoms with van der Waals surface area (Å²) >= 11 is 10.9. The highest BCUT2D eigenvalue weighted by atomic mass is 35.5. The topological polar surface area (TPSA) is 55.1 Å². The Balaban J connectivity index is 2.42. The van der Waals surface area contributed by atoms with E-state index in [1.807, 2.05) is 13.0 Å². The number of carbonyl (C=O) groups is 1. The molecule has 2 rings (SSSR count). The van der Waals surface area contributed by atoms with Gasteiger partial charge in [-0.25, -0.2) is 4.39 Å². The predicted octanol–water partition coefficient (Wildman–Crippen LogP) is 3.67. The van der Waals surface area contributed by atoms with E-state index in [4.69, 9.17) is 29.6 Å². The molecule has 0 heterocycles. The first kappa shape index (κ1) is 15.4. The van der Waals surface area contributed by atoms with Crippen LogP contribution in [0.1, 0.15) is 21.5 Å².